The van der Waals surface area contributed by atoms with Crippen molar-refractivity contribution < 1.29 is 9.84 Å². The lowest BCUT2D eigenvalue weighted by atomic mass is 9.92. The summed E-state index contributed by atoms with van der Waals surface area (Å²) in [6, 6.07) is 9.95. The van der Waals surface area contributed by atoms with Gasteiger partial charge in [0.15, 0.2) is 0 Å². The van der Waals surface area contributed by atoms with E-state index in [4.69, 9.17) is 4.74 Å². The quantitative estimate of drug-likeness (QED) is 0.792. The highest BCUT2D eigenvalue weighted by Crippen LogP contribution is 2.34. The van der Waals surface area contributed by atoms with Crippen LogP contribution in [0.25, 0.3) is 0 Å². The highest BCUT2D eigenvalue weighted by Gasteiger charge is 2.30. The molecule has 17 heavy (non-hydrogen) atoms. The van der Waals surface area contributed by atoms with Gasteiger partial charge in [-0.3, -0.25) is 0 Å². The van der Waals surface area contributed by atoms with Crippen LogP contribution in [0.3, 0.4) is 0 Å². The highest BCUT2D eigenvalue weighted by molar-refractivity contribution is 5.20. The lowest BCUT2D eigenvalue weighted by Gasteiger charge is -2.17. The van der Waals surface area contributed by atoms with Crippen molar-refractivity contribution in [2.75, 3.05) is 6.61 Å². The Bertz CT molecular complexity index is 323. The largest absolute Gasteiger partial charge is 0.494 e. The second kappa shape index (κ2) is 6.06. The Balaban J connectivity index is 1.64. The van der Waals surface area contributed by atoms with Crippen LogP contribution in [-0.4, -0.2) is 17.8 Å². The van der Waals surface area contributed by atoms with Crippen molar-refractivity contribution in [2.45, 2.75) is 38.7 Å². The summed E-state index contributed by atoms with van der Waals surface area (Å²) in [6.45, 7) is 2.95. The fourth-order valence-electron chi connectivity index (χ4n) is 2.68. The second-order valence-electron chi connectivity index (χ2n) is 5.07. The van der Waals surface area contributed by atoms with Crippen LogP contribution in [0.1, 0.15) is 32.6 Å². The van der Waals surface area contributed by atoms with Gasteiger partial charge < -0.3 is 9.84 Å². The Labute approximate surface area is 104 Å². The molecule has 0 aromatic heterocycles. The average Bonchev–Trinajstić information content (AvgIpc) is 2.67. The lowest BCUT2D eigenvalue weighted by molar-refractivity contribution is 0.124. The number of aliphatic hydroxyl groups is 1. The SMILES string of the molecule is CC1C(O)CCC1CCCOc1ccccc1. The lowest BCUT2D eigenvalue weighted by Crippen LogP contribution is -2.15. The zero-order valence-electron chi connectivity index (χ0n) is 10.5. The van der Waals surface area contributed by atoms with E-state index in [1.807, 2.05) is 30.3 Å². The molecule has 1 aliphatic rings. The van der Waals surface area contributed by atoms with E-state index in [1.54, 1.807) is 0 Å². The molecule has 0 amide bonds. The first-order valence-electron chi connectivity index (χ1n) is 6.63. The molecule has 0 radical (unpaired) electrons. The minimum atomic E-state index is -0.0740. The summed E-state index contributed by atoms with van der Waals surface area (Å²) in [4.78, 5) is 0. The number of aliphatic hydroxyl groups excluding tert-OH is 1. The Morgan fingerprint density at radius 3 is 2.65 bits per heavy atom. The number of hydrogen-bond acceptors (Lipinski definition) is 2. The molecule has 1 saturated carbocycles. The first-order chi connectivity index (χ1) is 8.27. The van der Waals surface area contributed by atoms with Crippen LogP contribution in [0, 0.1) is 11.8 Å². The van der Waals surface area contributed by atoms with Gasteiger partial charge in [0, 0.05) is 0 Å². The molecule has 1 N–H and O–H groups in total. The summed E-state index contributed by atoms with van der Waals surface area (Å²) in [7, 11) is 0. The highest BCUT2D eigenvalue weighted by atomic mass is 16.5. The number of benzene rings is 1. The molecule has 0 heterocycles. The molecular weight excluding hydrogens is 212 g/mol. The molecule has 2 nitrogen and oxygen atoms in total. The van der Waals surface area contributed by atoms with Crippen molar-refractivity contribution in [3.63, 3.8) is 0 Å². The summed E-state index contributed by atoms with van der Waals surface area (Å²) in [5.41, 5.74) is 0. The van der Waals surface area contributed by atoms with E-state index in [2.05, 4.69) is 6.92 Å². The first-order valence-corrected chi connectivity index (χ1v) is 6.63. The Morgan fingerprint density at radius 1 is 1.24 bits per heavy atom. The number of ether oxygens (including phenoxy) is 1. The molecule has 3 atom stereocenters. The summed E-state index contributed by atoms with van der Waals surface area (Å²) in [5, 5.41) is 9.67. The van der Waals surface area contributed by atoms with Gasteiger partial charge in [-0.05, 0) is 49.7 Å². The maximum absolute atomic E-state index is 9.67. The Morgan fingerprint density at radius 2 is 2.00 bits per heavy atom. The normalized spacial score (nSPS) is 28.2. The van der Waals surface area contributed by atoms with E-state index in [1.165, 1.54) is 12.8 Å². The standard InChI is InChI=1S/C15H22O2/c1-12-13(9-10-15(12)16)6-5-11-17-14-7-3-2-4-8-14/h2-4,7-8,12-13,15-16H,5-6,9-11H2,1H3. The molecule has 1 fully saturated rings. The minimum Gasteiger partial charge on any atom is -0.494 e. The van der Waals surface area contributed by atoms with Gasteiger partial charge in [-0.1, -0.05) is 25.1 Å². The topological polar surface area (TPSA) is 29.5 Å². The van der Waals surface area contributed by atoms with Gasteiger partial charge in [-0.2, -0.15) is 0 Å². The molecule has 1 aromatic carbocycles. The predicted molar refractivity (Wildman–Crippen MR) is 69.1 cm³/mol. The molecule has 1 aromatic rings. The number of para-hydroxylation sites is 1. The molecule has 0 aliphatic heterocycles. The van der Waals surface area contributed by atoms with Crippen LogP contribution in [-0.2, 0) is 0 Å². The molecule has 2 heteroatoms. The zero-order valence-corrected chi connectivity index (χ0v) is 10.5. The van der Waals surface area contributed by atoms with E-state index in [9.17, 15) is 5.11 Å². The summed E-state index contributed by atoms with van der Waals surface area (Å²) in [6.07, 6.45) is 4.33. The van der Waals surface area contributed by atoms with Crippen LogP contribution in [0.5, 0.6) is 5.75 Å². The molecular formula is C15H22O2. The Hall–Kier alpha value is -1.02. The van der Waals surface area contributed by atoms with Crippen molar-refractivity contribution >= 4 is 0 Å². The van der Waals surface area contributed by atoms with Crippen molar-refractivity contribution in [2.24, 2.45) is 11.8 Å². The van der Waals surface area contributed by atoms with Crippen molar-refractivity contribution in [3.05, 3.63) is 30.3 Å². The number of rotatable bonds is 5. The maximum Gasteiger partial charge on any atom is 0.119 e. The van der Waals surface area contributed by atoms with Gasteiger partial charge in [0.05, 0.1) is 12.7 Å². The molecule has 0 spiro atoms. The van der Waals surface area contributed by atoms with Crippen molar-refractivity contribution in [3.8, 4) is 5.75 Å². The van der Waals surface area contributed by atoms with Crippen molar-refractivity contribution in [1.82, 2.24) is 0 Å². The van der Waals surface area contributed by atoms with E-state index in [0.29, 0.717) is 11.8 Å². The molecule has 0 bridgehead atoms. The monoisotopic (exact) mass is 234 g/mol. The smallest absolute Gasteiger partial charge is 0.119 e. The van der Waals surface area contributed by atoms with Gasteiger partial charge in [0.2, 0.25) is 0 Å². The summed E-state index contributed by atoms with van der Waals surface area (Å²) < 4.78 is 5.67. The van der Waals surface area contributed by atoms with E-state index in [-0.39, 0.29) is 6.10 Å². The van der Waals surface area contributed by atoms with Crippen LogP contribution in [0.2, 0.25) is 0 Å². The molecule has 3 unspecified atom stereocenters. The van der Waals surface area contributed by atoms with Crippen LogP contribution < -0.4 is 4.74 Å². The van der Waals surface area contributed by atoms with Gasteiger partial charge in [-0.25, -0.2) is 0 Å². The van der Waals surface area contributed by atoms with Crippen LogP contribution in [0.4, 0.5) is 0 Å². The third-order valence-electron chi connectivity index (χ3n) is 3.91. The summed E-state index contributed by atoms with van der Waals surface area (Å²) >= 11 is 0. The van der Waals surface area contributed by atoms with Gasteiger partial charge >= 0.3 is 0 Å². The molecule has 94 valence electrons. The van der Waals surface area contributed by atoms with Crippen LogP contribution in [0.15, 0.2) is 30.3 Å². The Kier molecular flexibility index (Phi) is 4.43. The fourth-order valence-corrected chi connectivity index (χ4v) is 2.68. The first kappa shape index (κ1) is 12.4. The van der Waals surface area contributed by atoms with Crippen molar-refractivity contribution in [1.29, 1.82) is 0 Å². The van der Waals surface area contributed by atoms with E-state index >= 15 is 0 Å². The predicted octanol–water partition coefficient (Wildman–Crippen LogP) is 3.25. The summed E-state index contributed by atoms with van der Waals surface area (Å²) in [5.74, 6) is 2.10. The molecule has 2 rings (SSSR count). The fraction of sp³-hybridized carbons (Fsp3) is 0.600. The third kappa shape index (κ3) is 3.47. The number of hydrogen-bond donors (Lipinski definition) is 1. The van der Waals surface area contributed by atoms with E-state index < -0.39 is 0 Å². The zero-order chi connectivity index (χ0) is 12.1. The molecule has 1 aliphatic carbocycles. The van der Waals surface area contributed by atoms with Gasteiger partial charge in [-0.15, -0.1) is 0 Å². The molecule has 0 saturated heterocycles. The van der Waals surface area contributed by atoms with Crippen LogP contribution >= 0.6 is 0 Å². The van der Waals surface area contributed by atoms with E-state index in [0.717, 1.165) is 25.2 Å². The maximum atomic E-state index is 9.67. The average molecular weight is 234 g/mol. The third-order valence-corrected chi connectivity index (χ3v) is 3.91. The minimum absolute atomic E-state index is 0.0740. The second-order valence-corrected chi connectivity index (χ2v) is 5.07. The van der Waals surface area contributed by atoms with Gasteiger partial charge in [0.25, 0.3) is 0 Å². The van der Waals surface area contributed by atoms with Gasteiger partial charge in [0.1, 0.15) is 5.75 Å².